The van der Waals surface area contributed by atoms with Crippen molar-refractivity contribution in [3.05, 3.63) is 141 Å². The van der Waals surface area contributed by atoms with E-state index in [1.165, 1.54) is 70.4 Å². The Kier molecular flexibility index (Phi) is 27.4. The van der Waals surface area contributed by atoms with Crippen molar-refractivity contribution >= 4 is 69.8 Å². The highest BCUT2D eigenvalue weighted by atomic mass is 16.5. The van der Waals surface area contributed by atoms with Gasteiger partial charge in [0.2, 0.25) is 11.6 Å². The third-order valence-corrected chi connectivity index (χ3v) is 44.0. The summed E-state index contributed by atoms with van der Waals surface area (Å²) in [6, 6.07) is 0. The van der Waals surface area contributed by atoms with E-state index >= 15 is 0 Å². The second-order valence-electron chi connectivity index (χ2n) is 51.1. The lowest BCUT2D eigenvalue weighted by Crippen LogP contribution is -2.58. The molecular weight excluding hydrogens is 1750 g/mol. The Bertz CT molecular complexity index is 5600. The van der Waals surface area contributed by atoms with Gasteiger partial charge in [-0.3, -0.25) is 57.5 Å². The third-order valence-electron chi connectivity index (χ3n) is 44.0. The summed E-state index contributed by atoms with van der Waals surface area (Å²) in [5.74, 6) is 5.21. The van der Waals surface area contributed by atoms with Crippen molar-refractivity contribution in [1.29, 1.82) is 0 Å². The molecule has 0 bridgehead atoms. The summed E-state index contributed by atoms with van der Waals surface area (Å²) in [7, 11) is 0. The first kappa shape index (κ1) is 105. The van der Waals surface area contributed by atoms with Gasteiger partial charge in [-0.05, 0) is 307 Å². The number of ether oxygens (including phenoxy) is 2. The zero-order valence-electron chi connectivity index (χ0n) is 89.1. The van der Waals surface area contributed by atoms with Gasteiger partial charge >= 0.3 is 11.9 Å². The third kappa shape index (κ3) is 15.4. The molecule has 20 aliphatic carbocycles. The van der Waals surface area contributed by atoms with E-state index in [0.717, 1.165) is 96.3 Å². The topological polar surface area (TPSA) is 304 Å². The smallest absolute Gasteiger partial charge is 0.303 e. The van der Waals surface area contributed by atoms with Gasteiger partial charge in [0, 0.05) is 107 Å². The summed E-state index contributed by atoms with van der Waals surface area (Å²) in [6.07, 6.45) is 48.0. The number of carbonyl (C=O) groups is 12. The molecule has 20 aliphatic rings. The highest BCUT2D eigenvalue weighted by molar-refractivity contribution is 6.03. The number of carbonyl (C=O) groups excluding carboxylic acids is 12. The van der Waals surface area contributed by atoms with Crippen LogP contribution in [0.4, 0.5) is 0 Å². The molecule has 0 heterocycles. The molecule has 4 N–H and O–H groups in total. The van der Waals surface area contributed by atoms with Crippen LogP contribution in [0.3, 0.4) is 0 Å². The van der Waals surface area contributed by atoms with Crippen molar-refractivity contribution < 1.29 is 87.4 Å². The van der Waals surface area contributed by atoms with Gasteiger partial charge in [-0.1, -0.05) is 233 Å². The maximum atomic E-state index is 13.1. The van der Waals surface area contributed by atoms with Gasteiger partial charge in [0.1, 0.15) is 28.2 Å². The molecule has 20 rings (SSSR count). The molecule has 0 aromatic heterocycles. The number of hydrogen-bond donors (Lipinski definition) is 4. The lowest BCUT2D eigenvalue weighted by atomic mass is 9.48. The SMILES string of the molecule is CC(=O)OCC(=O)[C@@]1(O)[C@H](C)CC2C3C[C@H](C)C4=CC(=O)C=C[C@]4(C)C3=CC[C@@]21C.CC(=O)OCC(=O)[C@@]1(O)[C@H](C)CC2C3C[C@H](C)C4=CC(=O)CC[C@]4(C)C3=CC[C@@]21C.CCC(=O)[C@@]1(O)[C@H](C)CC2C3C[C@H](C)C4=CC(=O)C=C[C@]4(C)C3=CC[C@@]21C.CCC(=O)[C@@]1(O)[C@H](C)CC2C3C[C@H](C)C4=CC(=O)CC[C@]4(C)C3=CC[C@@]21C.CCC(=O)[C@H]1[C@H](C)CC2C3C[C@H](C)C4=CC(=O)CC[C@]4(C)C3=CC[C@@]21C. The van der Waals surface area contributed by atoms with Gasteiger partial charge in [-0.15, -0.1) is 0 Å². The first-order valence-electron chi connectivity index (χ1n) is 54.3. The van der Waals surface area contributed by atoms with Gasteiger partial charge in [0.15, 0.2) is 53.7 Å². The van der Waals surface area contributed by atoms with E-state index in [1.807, 2.05) is 78.8 Å². The normalized spacial score (nSPS) is 46.7. The van der Waals surface area contributed by atoms with Crippen LogP contribution in [0.1, 0.15) is 327 Å². The Labute approximate surface area is 834 Å². The maximum Gasteiger partial charge on any atom is 0.303 e. The van der Waals surface area contributed by atoms with Crippen LogP contribution in [-0.4, -0.2) is 126 Å². The minimum Gasteiger partial charge on any atom is -0.458 e. The molecule has 0 aliphatic heterocycles. The number of aliphatic hydroxyl groups is 4. The number of rotatable bonds is 12. The van der Waals surface area contributed by atoms with E-state index in [9.17, 15) is 78.0 Å². The molecule has 18 nitrogen and oxygen atoms in total. The molecule has 140 heavy (non-hydrogen) atoms. The molecule has 0 aromatic rings. The van der Waals surface area contributed by atoms with E-state index < -0.39 is 56.4 Å². The fraction of sp³-hybridized carbons (Fsp3) is 0.705. The maximum absolute atomic E-state index is 13.1. The van der Waals surface area contributed by atoms with Crippen LogP contribution in [0.15, 0.2) is 141 Å². The quantitative estimate of drug-likeness (QED) is 0.104. The van der Waals surface area contributed by atoms with Crippen molar-refractivity contribution in [3.63, 3.8) is 0 Å². The Morgan fingerprint density at radius 1 is 0.329 bits per heavy atom. The van der Waals surface area contributed by atoms with Crippen molar-refractivity contribution in [2.45, 2.75) is 350 Å². The van der Waals surface area contributed by atoms with Crippen LogP contribution in [0.25, 0.3) is 0 Å². The highest BCUT2D eigenvalue weighted by Crippen LogP contribution is 2.75. The summed E-state index contributed by atoms with van der Waals surface area (Å²) < 4.78 is 9.93. The largest absolute Gasteiger partial charge is 0.458 e. The van der Waals surface area contributed by atoms with E-state index in [1.54, 1.807) is 23.8 Å². The summed E-state index contributed by atoms with van der Waals surface area (Å²) >= 11 is 0. The lowest BCUT2D eigenvalue weighted by molar-refractivity contribution is -0.167. The predicted molar refractivity (Wildman–Crippen MR) is 541 cm³/mol. The Hall–Kier alpha value is -7.64. The van der Waals surface area contributed by atoms with Crippen LogP contribution in [0.5, 0.6) is 0 Å². The minimum absolute atomic E-state index is 0.000634. The summed E-state index contributed by atoms with van der Waals surface area (Å²) in [6.45, 7) is 51.2. The molecule has 0 amide bonds. The Morgan fingerprint density at radius 3 is 0.893 bits per heavy atom. The van der Waals surface area contributed by atoms with Crippen LogP contribution >= 0.6 is 0 Å². The molecule has 0 spiro atoms. The molecule has 0 saturated heterocycles. The molecule has 0 aromatic carbocycles. The molecular formula is C122H166O18. The molecule has 10 saturated carbocycles. The number of ketones is 10. The van der Waals surface area contributed by atoms with Crippen molar-refractivity contribution in [2.24, 2.45) is 178 Å². The summed E-state index contributed by atoms with van der Waals surface area (Å²) in [5.41, 5.74) is 5.77. The predicted octanol–water partition coefficient (Wildman–Crippen LogP) is 21.9. The Morgan fingerprint density at radius 2 is 0.600 bits per heavy atom. The monoisotopic (exact) mass is 1920 g/mol. The first-order chi connectivity index (χ1) is 65.3. The van der Waals surface area contributed by atoms with Crippen molar-refractivity contribution in [2.75, 3.05) is 13.2 Å². The lowest BCUT2D eigenvalue weighted by Gasteiger charge is -2.56. The Balaban J connectivity index is 0.000000126. The van der Waals surface area contributed by atoms with Gasteiger partial charge in [0.25, 0.3) is 0 Å². The number of Topliss-reactive ketones (excluding diaryl/α,β-unsaturated/α-hetero) is 5. The molecule has 10 unspecified atom stereocenters. The second kappa shape index (κ2) is 36.5. The average molecular weight is 1920 g/mol. The van der Waals surface area contributed by atoms with Crippen molar-refractivity contribution in [1.82, 2.24) is 0 Å². The van der Waals surface area contributed by atoms with Gasteiger partial charge in [0.05, 0.1) is 0 Å². The number of hydrogen-bond acceptors (Lipinski definition) is 18. The van der Waals surface area contributed by atoms with Crippen LogP contribution in [0, 0.1) is 178 Å². The number of esters is 2. The molecule has 35 atom stereocenters. The molecule has 18 heteroatoms. The van der Waals surface area contributed by atoms with E-state index in [-0.39, 0.29) is 145 Å². The summed E-state index contributed by atoms with van der Waals surface area (Å²) in [5, 5.41) is 46.8. The molecule has 762 valence electrons. The van der Waals surface area contributed by atoms with Crippen LogP contribution < -0.4 is 0 Å². The molecule has 10 fully saturated rings. The number of fused-ring (bicyclic) bond motifs is 25. The number of allylic oxidation sites excluding steroid dienone is 24. The zero-order chi connectivity index (χ0) is 103. The fourth-order valence-corrected chi connectivity index (χ4v) is 36.8. The van der Waals surface area contributed by atoms with Crippen molar-refractivity contribution in [3.8, 4) is 0 Å². The van der Waals surface area contributed by atoms with Gasteiger partial charge in [-0.25, -0.2) is 0 Å². The highest BCUT2D eigenvalue weighted by Gasteiger charge is 2.74. The summed E-state index contributed by atoms with van der Waals surface area (Å²) in [4.78, 5) is 147. The van der Waals surface area contributed by atoms with E-state index in [4.69, 9.17) is 9.47 Å². The standard InChI is InChI=1S/C25H34O5.C25H32O5.C24H34O3.C24H32O3.C24H34O2/c2*1-14-10-18-19(23(4)8-6-17(27)12-20(14)23)7-9-24(5)21(18)11-15(2)25(24,29)22(28)13-30-16(3)26;2*1-6-21(26)24(27)15(3)12-20-17-11-14(2)19-13-16(25)7-9-22(19,4)18(17)8-10-23(20,24)5;1-6-21(26)22-15(3)12-20-17-11-14(2)19-13-16(25)7-9-23(19,4)18(17)8-10-24(20,22)5/h7,12,14-15,18,21,29H,6,8-11,13H2,1-5H3;6-8,12,14-15,18,21,29H,9-11,13H2,1-5H3;8,13-15,17,20,27H,6-7,9-12H2,1-5H3;7-9,13-15,17,20,27H,6,10-12H2,1-5H3;8,13-15,17,20,22H,6-7,9-12H2,1-5H3/t2*14-,15+,18?,21?,23+,24-,25-;2*14-,15+,17?,20?,22+,23-,24-;14-,15+,17?,20?,22+,23+,24-/m00000/s1. The van der Waals surface area contributed by atoms with Crippen LogP contribution in [0.2, 0.25) is 0 Å². The second-order valence-corrected chi connectivity index (χ2v) is 51.1. The molecule has 0 radical (unpaired) electrons. The van der Waals surface area contributed by atoms with Crippen LogP contribution in [-0.2, 0) is 67.0 Å². The average Bonchev–Trinajstić information content (AvgIpc) is 1.51. The zero-order valence-corrected chi connectivity index (χ0v) is 89.1. The fourth-order valence-electron chi connectivity index (χ4n) is 36.8. The van der Waals surface area contributed by atoms with E-state index in [0.29, 0.717) is 134 Å². The van der Waals surface area contributed by atoms with E-state index in [2.05, 4.69) is 147 Å². The first-order valence-corrected chi connectivity index (χ1v) is 54.3. The van der Waals surface area contributed by atoms with Gasteiger partial charge in [-0.2, -0.15) is 0 Å². The van der Waals surface area contributed by atoms with Gasteiger partial charge < -0.3 is 29.9 Å². The minimum atomic E-state index is -1.52.